The molecule has 0 aliphatic carbocycles. The van der Waals surface area contributed by atoms with Crippen molar-refractivity contribution in [1.82, 2.24) is 15.2 Å². The van der Waals surface area contributed by atoms with Gasteiger partial charge in [-0.05, 0) is 45.3 Å². The Balaban J connectivity index is 2.04. The van der Waals surface area contributed by atoms with Gasteiger partial charge in [0.1, 0.15) is 11.5 Å². The fourth-order valence-corrected chi connectivity index (χ4v) is 2.39. The van der Waals surface area contributed by atoms with E-state index in [0.29, 0.717) is 29.3 Å². The molecule has 0 unspecified atom stereocenters. The Kier molecular flexibility index (Phi) is 7.23. The molecule has 0 radical (unpaired) electrons. The van der Waals surface area contributed by atoms with Crippen LogP contribution in [0.1, 0.15) is 16.8 Å². The molecule has 0 spiro atoms. The summed E-state index contributed by atoms with van der Waals surface area (Å²) < 4.78 is 10.6. The number of aromatic nitrogens is 1. The monoisotopic (exact) mass is 358 g/mol. The van der Waals surface area contributed by atoms with Gasteiger partial charge < -0.3 is 25.0 Å². The maximum atomic E-state index is 12.3. The molecule has 0 aliphatic heterocycles. The largest absolute Gasteiger partial charge is 0.497 e. The maximum absolute atomic E-state index is 12.3. The van der Waals surface area contributed by atoms with Crippen molar-refractivity contribution in [3.63, 3.8) is 0 Å². The summed E-state index contributed by atoms with van der Waals surface area (Å²) in [5, 5.41) is 6.13. The summed E-state index contributed by atoms with van der Waals surface area (Å²) in [4.78, 5) is 18.5. The molecule has 2 aromatic rings. The lowest BCUT2D eigenvalue weighted by Gasteiger charge is -2.13. The van der Waals surface area contributed by atoms with Crippen LogP contribution in [-0.4, -0.2) is 57.2 Å². The van der Waals surface area contributed by atoms with Crippen LogP contribution in [0.2, 0.25) is 0 Å². The standard InChI is InChI=1S/C19H26N4O3/c1-23(2)9-5-8-21-19(24)14-10-15(13-20-12-14)22-17-7-6-16(25-3)11-18(17)26-4/h6-7,10-13,22H,5,8-9H2,1-4H3,(H,21,24). The fraction of sp³-hybridized carbons (Fsp3) is 0.368. The van der Waals surface area contributed by atoms with E-state index in [0.717, 1.165) is 18.7 Å². The third kappa shape index (κ3) is 5.63. The van der Waals surface area contributed by atoms with E-state index >= 15 is 0 Å². The molecule has 0 aliphatic rings. The second kappa shape index (κ2) is 9.62. The molecule has 2 rings (SSSR count). The van der Waals surface area contributed by atoms with E-state index in [1.165, 1.54) is 0 Å². The van der Waals surface area contributed by atoms with Crippen molar-refractivity contribution in [2.45, 2.75) is 6.42 Å². The highest BCUT2D eigenvalue weighted by Crippen LogP contribution is 2.31. The highest BCUT2D eigenvalue weighted by Gasteiger charge is 2.09. The topological polar surface area (TPSA) is 75.7 Å². The molecule has 0 bridgehead atoms. The number of hydrogen-bond donors (Lipinski definition) is 2. The van der Waals surface area contributed by atoms with Crippen LogP contribution in [0.4, 0.5) is 11.4 Å². The number of carbonyl (C=O) groups is 1. The third-order valence-corrected chi connectivity index (χ3v) is 3.76. The average Bonchev–Trinajstić information content (AvgIpc) is 2.65. The highest BCUT2D eigenvalue weighted by atomic mass is 16.5. The van der Waals surface area contributed by atoms with E-state index < -0.39 is 0 Å². The lowest BCUT2D eigenvalue weighted by molar-refractivity contribution is 0.0952. The summed E-state index contributed by atoms with van der Waals surface area (Å²) in [6.45, 7) is 1.55. The van der Waals surface area contributed by atoms with Crippen molar-refractivity contribution >= 4 is 17.3 Å². The summed E-state index contributed by atoms with van der Waals surface area (Å²) in [6.07, 6.45) is 4.11. The van der Waals surface area contributed by atoms with Crippen molar-refractivity contribution in [3.8, 4) is 11.5 Å². The number of nitrogens with zero attached hydrogens (tertiary/aromatic N) is 2. The normalized spacial score (nSPS) is 10.5. The van der Waals surface area contributed by atoms with Crippen LogP contribution in [0.3, 0.4) is 0 Å². The van der Waals surface area contributed by atoms with Gasteiger partial charge in [0.15, 0.2) is 0 Å². The van der Waals surface area contributed by atoms with Crippen LogP contribution in [0.5, 0.6) is 11.5 Å². The van der Waals surface area contributed by atoms with Gasteiger partial charge in [-0.3, -0.25) is 9.78 Å². The van der Waals surface area contributed by atoms with Crippen LogP contribution in [-0.2, 0) is 0 Å². The number of hydrogen-bond acceptors (Lipinski definition) is 6. The van der Waals surface area contributed by atoms with Gasteiger partial charge in [-0.2, -0.15) is 0 Å². The first-order valence-corrected chi connectivity index (χ1v) is 8.40. The molecule has 1 amide bonds. The summed E-state index contributed by atoms with van der Waals surface area (Å²) in [5.74, 6) is 1.21. The lowest BCUT2D eigenvalue weighted by Crippen LogP contribution is -2.27. The zero-order chi connectivity index (χ0) is 18.9. The first-order chi connectivity index (χ1) is 12.5. The van der Waals surface area contributed by atoms with Crippen molar-refractivity contribution < 1.29 is 14.3 Å². The predicted molar refractivity (Wildman–Crippen MR) is 103 cm³/mol. The Morgan fingerprint density at radius 1 is 1.15 bits per heavy atom. The third-order valence-electron chi connectivity index (χ3n) is 3.76. The Morgan fingerprint density at radius 2 is 1.96 bits per heavy atom. The molecule has 1 aromatic carbocycles. The zero-order valence-corrected chi connectivity index (χ0v) is 15.7. The van der Waals surface area contributed by atoms with Crippen LogP contribution in [0, 0.1) is 0 Å². The minimum absolute atomic E-state index is 0.137. The summed E-state index contributed by atoms with van der Waals surface area (Å²) in [7, 11) is 7.21. The van der Waals surface area contributed by atoms with E-state index in [2.05, 4.69) is 20.5 Å². The number of benzene rings is 1. The first-order valence-electron chi connectivity index (χ1n) is 8.40. The molecule has 1 aromatic heterocycles. The molecular formula is C19H26N4O3. The number of carbonyl (C=O) groups excluding carboxylic acids is 1. The molecule has 7 nitrogen and oxygen atoms in total. The molecule has 0 saturated heterocycles. The first kappa shape index (κ1) is 19.5. The van der Waals surface area contributed by atoms with Gasteiger partial charge >= 0.3 is 0 Å². The van der Waals surface area contributed by atoms with Crippen LogP contribution in [0.15, 0.2) is 36.7 Å². The summed E-state index contributed by atoms with van der Waals surface area (Å²) in [6, 6.07) is 7.24. The number of amides is 1. The fourth-order valence-electron chi connectivity index (χ4n) is 2.39. The van der Waals surface area contributed by atoms with Gasteiger partial charge in [0, 0.05) is 18.8 Å². The minimum atomic E-state index is -0.137. The van der Waals surface area contributed by atoms with E-state index in [4.69, 9.17) is 9.47 Å². The SMILES string of the molecule is COc1ccc(Nc2cncc(C(=O)NCCCN(C)C)c2)c(OC)c1. The van der Waals surface area contributed by atoms with Gasteiger partial charge in [-0.25, -0.2) is 0 Å². The molecule has 140 valence electrons. The average molecular weight is 358 g/mol. The number of rotatable bonds is 9. The van der Waals surface area contributed by atoms with E-state index in [1.807, 2.05) is 26.2 Å². The van der Waals surface area contributed by atoms with Gasteiger partial charge in [0.05, 0.1) is 37.4 Å². The predicted octanol–water partition coefficient (Wildman–Crippen LogP) is 2.52. The molecule has 26 heavy (non-hydrogen) atoms. The van der Waals surface area contributed by atoms with Crippen molar-refractivity contribution in [1.29, 1.82) is 0 Å². The number of anilines is 2. The van der Waals surface area contributed by atoms with E-state index in [-0.39, 0.29) is 5.91 Å². The molecule has 7 heteroatoms. The Labute approximate surface area is 154 Å². The quantitative estimate of drug-likeness (QED) is 0.671. The van der Waals surface area contributed by atoms with Crippen LogP contribution >= 0.6 is 0 Å². The minimum Gasteiger partial charge on any atom is -0.497 e. The van der Waals surface area contributed by atoms with Crippen LogP contribution < -0.4 is 20.1 Å². The molecule has 0 atom stereocenters. The molecular weight excluding hydrogens is 332 g/mol. The second-order valence-corrected chi connectivity index (χ2v) is 6.07. The Bertz CT molecular complexity index is 734. The van der Waals surface area contributed by atoms with Crippen molar-refractivity contribution in [2.24, 2.45) is 0 Å². The summed E-state index contributed by atoms with van der Waals surface area (Å²) in [5.41, 5.74) is 1.97. The van der Waals surface area contributed by atoms with Gasteiger partial charge in [-0.1, -0.05) is 0 Å². The summed E-state index contributed by atoms with van der Waals surface area (Å²) >= 11 is 0. The molecule has 2 N–H and O–H groups in total. The van der Waals surface area contributed by atoms with E-state index in [1.54, 1.807) is 38.7 Å². The number of ether oxygens (including phenoxy) is 2. The number of pyridine rings is 1. The van der Waals surface area contributed by atoms with E-state index in [9.17, 15) is 4.79 Å². The van der Waals surface area contributed by atoms with Crippen molar-refractivity contribution in [2.75, 3.05) is 46.7 Å². The van der Waals surface area contributed by atoms with Gasteiger partial charge in [0.2, 0.25) is 0 Å². The smallest absolute Gasteiger partial charge is 0.252 e. The molecule has 1 heterocycles. The van der Waals surface area contributed by atoms with Gasteiger partial charge in [-0.15, -0.1) is 0 Å². The zero-order valence-electron chi connectivity index (χ0n) is 15.7. The molecule has 0 fully saturated rings. The van der Waals surface area contributed by atoms with Crippen molar-refractivity contribution in [3.05, 3.63) is 42.2 Å². The molecule has 0 saturated carbocycles. The maximum Gasteiger partial charge on any atom is 0.252 e. The number of nitrogens with one attached hydrogen (secondary N) is 2. The highest BCUT2D eigenvalue weighted by molar-refractivity contribution is 5.94. The van der Waals surface area contributed by atoms with Crippen LogP contribution in [0.25, 0.3) is 0 Å². The second-order valence-electron chi connectivity index (χ2n) is 6.07. The lowest BCUT2D eigenvalue weighted by atomic mass is 10.2. The Morgan fingerprint density at radius 3 is 2.65 bits per heavy atom. The van der Waals surface area contributed by atoms with Gasteiger partial charge in [0.25, 0.3) is 5.91 Å². The number of methoxy groups -OCH3 is 2. The Hall–Kier alpha value is -2.80.